The van der Waals surface area contributed by atoms with Gasteiger partial charge in [-0.25, -0.2) is 0 Å². The highest BCUT2D eigenvalue weighted by Gasteiger charge is 2.14. The number of hydrogen-bond acceptors (Lipinski definition) is 2. The minimum atomic E-state index is -0.203. The van der Waals surface area contributed by atoms with E-state index in [1.807, 2.05) is 26.0 Å². The van der Waals surface area contributed by atoms with Crippen molar-refractivity contribution in [3.05, 3.63) is 40.9 Å². The fourth-order valence-electron chi connectivity index (χ4n) is 1.83. The van der Waals surface area contributed by atoms with Gasteiger partial charge in [-0.1, -0.05) is 23.7 Å². The first kappa shape index (κ1) is 17.2. The van der Waals surface area contributed by atoms with Crippen LogP contribution in [0.5, 0.6) is 0 Å². The molecular weight excluding hydrogens is 288 g/mol. The van der Waals surface area contributed by atoms with E-state index in [1.54, 1.807) is 30.2 Å². The van der Waals surface area contributed by atoms with Crippen LogP contribution in [0.15, 0.2) is 30.3 Å². The van der Waals surface area contributed by atoms with E-state index in [0.717, 1.165) is 5.56 Å². The van der Waals surface area contributed by atoms with Gasteiger partial charge >= 0.3 is 0 Å². The molecule has 2 amide bonds. The minimum absolute atomic E-state index is 0.0456. The van der Waals surface area contributed by atoms with E-state index < -0.39 is 0 Å². The topological polar surface area (TPSA) is 40.6 Å². The molecule has 0 spiro atoms. The summed E-state index contributed by atoms with van der Waals surface area (Å²) in [5.74, 6) is -0.249. The molecule has 21 heavy (non-hydrogen) atoms. The fraction of sp³-hybridized carbons (Fsp3) is 0.375. The molecule has 0 saturated carbocycles. The average Bonchev–Trinajstić information content (AvgIpc) is 2.47. The summed E-state index contributed by atoms with van der Waals surface area (Å²) in [6, 6.07) is 7.18. The molecule has 1 aromatic carbocycles. The van der Waals surface area contributed by atoms with Gasteiger partial charge in [-0.2, -0.15) is 0 Å². The minimum Gasteiger partial charge on any atom is -0.342 e. The summed E-state index contributed by atoms with van der Waals surface area (Å²) in [5, 5.41) is 0.653. The van der Waals surface area contributed by atoms with E-state index in [1.165, 1.54) is 11.0 Å². The molecule has 1 aromatic rings. The first-order valence-corrected chi connectivity index (χ1v) is 7.32. The summed E-state index contributed by atoms with van der Waals surface area (Å²) in [6.45, 7) is 5.23. The van der Waals surface area contributed by atoms with Gasteiger partial charge in [0.2, 0.25) is 11.8 Å². The molecule has 0 atom stereocenters. The SMILES string of the molecule is CCN(CC)C(=O)CN(C)C(=O)/C=C/c1ccc(Cl)cc1. The van der Waals surface area contributed by atoms with Gasteiger partial charge in [0.1, 0.15) is 0 Å². The molecule has 1 rings (SSSR count). The highest BCUT2D eigenvalue weighted by molar-refractivity contribution is 6.30. The lowest BCUT2D eigenvalue weighted by Gasteiger charge is -2.22. The fourth-order valence-corrected chi connectivity index (χ4v) is 1.95. The predicted molar refractivity (Wildman–Crippen MR) is 86.1 cm³/mol. The maximum Gasteiger partial charge on any atom is 0.246 e. The summed E-state index contributed by atoms with van der Waals surface area (Å²) in [4.78, 5) is 27.0. The third kappa shape index (κ3) is 5.60. The summed E-state index contributed by atoms with van der Waals surface area (Å²) < 4.78 is 0. The van der Waals surface area contributed by atoms with Gasteiger partial charge in [0.15, 0.2) is 0 Å². The molecule has 0 unspecified atom stereocenters. The molecular formula is C16H21ClN2O2. The molecule has 0 aliphatic rings. The Morgan fingerprint density at radius 2 is 1.71 bits per heavy atom. The normalized spacial score (nSPS) is 10.7. The number of nitrogens with zero attached hydrogens (tertiary/aromatic N) is 2. The Morgan fingerprint density at radius 3 is 2.24 bits per heavy atom. The Morgan fingerprint density at radius 1 is 1.14 bits per heavy atom. The van der Waals surface area contributed by atoms with Gasteiger partial charge in [0, 0.05) is 31.2 Å². The predicted octanol–water partition coefficient (Wildman–Crippen LogP) is 2.68. The smallest absolute Gasteiger partial charge is 0.246 e. The van der Waals surface area contributed by atoms with Crippen molar-refractivity contribution in [3.63, 3.8) is 0 Å². The lowest BCUT2D eigenvalue weighted by Crippen LogP contribution is -2.40. The molecule has 0 aliphatic heterocycles. The second-order valence-electron chi connectivity index (χ2n) is 4.65. The number of amides is 2. The van der Waals surface area contributed by atoms with Crippen LogP contribution in [0.3, 0.4) is 0 Å². The highest BCUT2D eigenvalue weighted by Crippen LogP contribution is 2.10. The molecule has 4 nitrogen and oxygen atoms in total. The molecule has 0 aromatic heterocycles. The Kier molecular flexibility index (Phi) is 6.96. The Hall–Kier alpha value is -1.81. The van der Waals surface area contributed by atoms with Crippen molar-refractivity contribution in [2.45, 2.75) is 13.8 Å². The molecule has 0 saturated heterocycles. The molecule has 0 fully saturated rings. The van der Waals surface area contributed by atoms with Gasteiger partial charge in [0.25, 0.3) is 0 Å². The molecule has 0 radical (unpaired) electrons. The number of rotatable bonds is 6. The second-order valence-corrected chi connectivity index (χ2v) is 5.08. The Balaban J connectivity index is 2.58. The number of carbonyl (C=O) groups is 2. The second kappa shape index (κ2) is 8.47. The van der Waals surface area contributed by atoms with E-state index in [-0.39, 0.29) is 18.4 Å². The molecule has 5 heteroatoms. The van der Waals surface area contributed by atoms with Gasteiger partial charge in [-0.3, -0.25) is 9.59 Å². The van der Waals surface area contributed by atoms with E-state index >= 15 is 0 Å². The molecule has 0 aliphatic carbocycles. The maximum atomic E-state index is 12.0. The van der Waals surface area contributed by atoms with E-state index in [2.05, 4.69) is 0 Å². The van der Waals surface area contributed by atoms with Crippen molar-refractivity contribution in [1.29, 1.82) is 0 Å². The molecule has 114 valence electrons. The van der Waals surface area contributed by atoms with Gasteiger partial charge in [-0.15, -0.1) is 0 Å². The highest BCUT2D eigenvalue weighted by atomic mass is 35.5. The van der Waals surface area contributed by atoms with Crippen molar-refractivity contribution in [2.24, 2.45) is 0 Å². The van der Waals surface area contributed by atoms with Crippen molar-refractivity contribution >= 4 is 29.5 Å². The van der Waals surface area contributed by atoms with Gasteiger partial charge < -0.3 is 9.80 Å². The standard InChI is InChI=1S/C16H21ClN2O2/c1-4-19(5-2)16(21)12-18(3)15(20)11-8-13-6-9-14(17)10-7-13/h6-11H,4-5,12H2,1-3H3/b11-8+. The number of benzene rings is 1. The van der Waals surface area contributed by atoms with E-state index in [0.29, 0.717) is 18.1 Å². The van der Waals surface area contributed by atoms with Gasteiger partial charge in [0.05, 0.1) is 6.54 Å². The lowest BCUT2D eigenvalue weighted by atomic mass is 10.2. The summed E-state index contributed by atoms with van der Waals surface area (Å²) >= 11 is 5.80. The van der Waals surface area contributed by atoms with Crippen LogP contribution in [0.4, 0.5) is 0 Å². The quantitative estimate of drug-likeness (QED) is 0.758. The van der Waals surface area contributed by atoms with Crippen LogP contribution in [0.1, 0.15) is 19.4 Å². The van der Waals surface area contributed by atoms with Crippen LogP contribution in [0.2, 0.25) is 5.02 Å². The van der Waals surface area contributed by atoms with Crippen LogP contribution in [0.25, 0.3) is 6.08 Å². The molecule has 0 bridgehead atoms. The summed E-state index contributed by atoms with van der Waals surface area (Å²) in [6.07, 6.45) is 3.16. The third-order valence-corrected chi connectivity index (χ3v) is 3.41. The zero-order valence-electron chi connectivity index (χ0n) is 12.7. The van der Waals surface area contributed by atoms with Crippen molar-refractivity contribution in [3.8, 4) is 0 Å². The van der Waals surface area contributed by atoms with Crippen LogP contribution in [-0.2, 0) is 9.59 Å². The molecule has 0 N–H and O–H groups in total. The van der Waals surface area contributed by atoms with Crippen LogP contribution in [0, 0.1) is 0 Å². The third-order valence-electron chi connectivity index (χ3n) is 3.15. The largest absolute Gasteiger partial charge is 0.342 e. The Labute approximate surface area is 131 Å². The Bertz CT molecular complexity index is 508. The zero-order chi connectivity index (χ0) is 15.8. The monoisotopic (exact) mass is 308 g/mol. The number of halogens is 1. The average molecular weight is 309 g/mol. The number of carbonyl (C=O) groups excluding carboxylic acids is 2. The number of hydrogen-bond donors (Lipinski definition) is 0. The van der Waals surface area contributed by atoms with Crippen molar-refractivity contribution < 1.29 is 9.59 Å². The maximum absolute atomic E-state index is 12.0. The first-order valence-electron chi connectivity index (χ1n) is 6.94. The van der Waals surface area contributed by atoms with E-state index in [4.69, 9.17) is 11.6 Å². The van der Waals surface area contributed by atoms with Gasteiger partial charge in [-0.05, 0) is 37.6 Å². The van der Waals surface area contributed by atoms with Crippen LogP contribution >= 0.6 is 11.6 Å². The summed E-state index contributed by atoms with van der Waals surface area (Å²) in [5.41, 5.74) is 0.885. The zero-order valence-corrected chi connectivity index (χ0v) is 13.4. The van der Waals surface area contributed by atoms with E-state index in [9.17, 15) is 9.59 Å². The van der Waals surface area contributed by atoms with Crippen LogP contribution in [-0.4, -0.2) is 48.3 Å². The van der Waals surface area contributed by atoms with Crippen molar-refractivity contribution in [2.75, 3.05) is 26.7 Å². The van der Waals surface area contributed by atoms with Crippen LogP contribution < -0.4 is 0 Å². The lowest BCUT2D eigenvalue weighted by molar-refractivity contribution is -0.136. The van der Waals surface area contributed by atoms with Crippen molar-refractivity contribution in [1.82, 2.24) is 9.80 Å². The molecule has 0 heterocycles. The first-order chi connectivity index (χ1) is 9.97. The number of likely N-dealkylation sites (N-methyl/N-ethyl adjacent to an activating group) is 2. The summed E-state index contributed by atoms with van der Waals surface area (Å²) in [7, 11) is 1.62.